The summed E-state index contributed by atoms with van der Waals surface area (Å²) in [6, 6.07) is 0. The van der Waals surface area contributed by atoms with E-state index < -0.39 is 5.72 Å². The first kappa shape index (κ1) is 10.2. The maximum absolute atomic E-state index is 5.58. The number of nitrogens with two attached hydrogens (primary N) is 1. The summed E-state index contributed by atoms with van der Waals surface area (Å²) < 4.78 is 5.48. The van der Waals surface area contributed by atoms with Crippen LogP contribution in [0.2, 0.25) is 0 Å². The molecule has 0 aliphatic carbocycles. The van der Waals surface area contributed by atoms with Gasteiger partial charge >= 0.3 is 0 Å². The zero-order valence-electron chi connectivity index (χ0n) is 8.43. The van der Waals surface area contributed by atoms with Crippen molar-refractivity contribution in [3.8, 4) is 0 Å². The van der Waals surface area contributed by atoms with Gasteiger partial charge in [0.05, 0.1) is 0 Å². The smallest absolute Gasteiger partial charge is 0.180 e. The normalized spacial score (nSPS) is 24.1. The molecule has 0 spiro atoms. The Morgan fingerprint density at radius 2 is 2.47 bits per heavy atom. The van der Waals surface area contributed by atoms with E-state index in [2.05, 4.69) is 10.3 Å². The Morgan fingerprint density at radius 1 is 1.60 bits per heavy atom. The van der Waals surface area contributed by atoms with E-state index in [0.29, 0.717) is 5.13 Å². The zero-order chi connectivity index (χ0) is 10.7. The van der Waals surface area contributed by atoms with Crippen LogP contribution in [-0.4, -0.2) is 17.8 Å². The summed E-state index contributed by atoms with van der Waals surface area (Å²) >= 11 is 1.48. The fourth-order valence-corrected chi connectivity index (χ4v) is 2.24. The van der Waals surface area contributed by atoms with Gasteiger partial charge in [-0.3, -0.25) is 0 Å². The first-order valence-electron chi connectivity index (χ1n) is 4.61. The number of nitrogens with zero attached hydrogens (tertiary/aromatic N) is 1. The van der Waals surface area contributed by atoms with Crippen LogP contribution in [0.3, 0.4) is 0 Å². The maximum atomic E-state index is 5.58. The number of hydrogen-bond donors (Lipinski definition) is 2. The van der Waals surface area contributed by atoms with Crippen LogP contribution in [0.5, 0.6) is 0 Å². The Labute approximate surface area is 92.5 Å². The highest BCUT2D eigenvalue weighted by Crippen LogP contribution is 2.23. The molecule has 3 N–H and O–H groups in total. The van der Waals surface area contributed by atoms with Gasteiger partial charge in [0, 0.05) is 24.6 Å². The topological polar surface area (TPSA) is 60.2 Å². The third-order valence-corrected chi connectivity index (χ3v) is 3.10. The highest BCUT2D eigenvalue weighted by atomic mass is 32.1. The van der Waals surface area contributed by atoms with Gasteiger partial charge in [-0.05, 0) is 18.4 Å². The van der Waals surface area contributed by atoms with E-state index in [9.17, 15) is 0 Å². The van der Waals surface area contributed by atoms with Crippen molar-refractivity contribution in [3.05, 3.63) is 35.5 Å². The summed E-state index contributed by atoms with van der Waals surface area (Å²) in [5.74, 6) is 0. The Morgan fingerprint density at radius 3 is 3.00 bits per heavy atom. The lowest BCUT2D eigenvalue weighted by Gasteiger charge is -2.30. The van der Waals surface area contributed by atoms with Crippen LogP contribution in [0.15, 0.2) is 30.6 Å². The first-order valence-corrected chi connectivity index (χ1v) is 5.43. The highest BCUT2D eigenvalue weighted by molar-refractivity contribution is 7.15. The second kappa shape index (κ2) is 4.04. The molecule has 0 saturated heterocycles. The van der Waals surface area contributed by atoms with Crippen LogP contribution in [0.25, 0.3) is 0 Å². The van der Waals surface area contributed by atoms with Crippen LogP contribution >= 0.6 is 11.3 Å². The molecule has 1 unspecified atom stereocenters. The Hall–Kier alpha value is -1.33. The van der Waals surface area contributed by atoms with E-state index in [1.165, 1.54) is 11.3 Å². The number of thiazole rings is 1. The zero-order valence-corrected chi connectivity index (χ0v) is 9.25. The Balaban J connectivity index is 2.15. The molecule has 2 heterocycles. The number of allylic oxidation sites excluding steroid dienone is 2. The van der Waals surface area contributed by atoms with Gasteiger partial charge in [-0.1, -0.05) is 6.08 Å². The maximum Gasteiger partial charge on any atom is 0.180 e. The van der Waals surface area contributed by atoms with Crippen molar-refractivity contribution in [2.45, 2.75) is 12.1 Å². The SMILES string of the molecule is COC1(Cc2cnc(N)s2)C=CC=CN1. The number of nitrogen functional groups attached to an aromatic ring is 1. The van der Waals surface area contributed by atoms with Gasteiger partial charge in [0.25, 0.3) is 0 Å². The molecule has 0 saturated carbocycles. The number of rotatable bonds is 3. The second-order valence-electron chi connectivity index (χ2n) is 3.30. The van der Waals surface area contributed by atoms with Crippen molar-refractivity contribution in [2.24, 2.45) is 0 Å². The molecule has 0 fully saturated rings. The average Bonchev–Trinajstić information content (AvgIpc) is 2.65. The van der Waals surface area contributed by atoms with E-state index >= 15 is 0 Å². The number of ether oxygens (including phenoxy) is 1. The fraction of sp³-hybridized carbons (Fsp3) is 0.300. The van der Waals surface area contributed by atoms with Gasteiger partial charge in [-0.15, -0.1) is 11.3 Å². The van der Waals surface area contributed by atoms with Gasteiger partial charge < -0.3 is 15.8 Å². The quantitative estimate of drug-likeness (QED) is 0.810. The van der Waals surface area contributed by atoms with Gasteiger partial charge in [0.1, 0.15) is 0 Å². The number of methoxy groups -OCH3 is 1. The third kappa shape index (κ3) is 2.19. The van der Waals surface area contributed by atoms with Crippen LogP contribution in [0.1, 0.15) is 4.88 Å². The molecular formula is C10H13N3OS. The molecule has 0 aromatic carbocycles. The predicted octanol–water partition coefficient (Wildman–Crippen LogP) is 1.28. The number of hydrogen-bond acceptors (Lipinski definition) is 5. The molecule has 0 radical (unpaired) electrons. The van der Waals surface area contributed by atoms with Crippen LogP contribution < -0.4 is 11.1 Å². The number of dihydropyridines is 1. The minimum absolute atomic E-state index is 0.465. The Kier molecular flexibility index (Phi) is 2.75. The largest absolute Gasteiger partial charge is 0.375 e. The number of nitrogens with one attached hydrogen (secondary N) is 1. The number of anilines is 1. The van der Waals surface area contributed by atoms with Crippen molar-refractivity contribution in [1.29, 1.82) is 0 Å². The molecule has 0 amide bonds. The van der Waals surface area contributed by atoms with E-state index in [-0.39, 0.29) is 0 Å². The van der Waals surface area contributed by atoms with Gasteiger partial charge in [0.15, 0.2) is 10.9 Å². The molecule has 4 nitrogen and oxygen atoms in total. The molecular weight excluding hydrogens is 210 g/mol. The highest BCUT2D eigenvalue weighted by Gasteiger charge is 2.27. The molecule has 1 aliphatic rings. The van der Waals surface area contributed by atoms with Gasteiger partial charge in [-0.2, -0.15) is 0 Å². The van der Waals surface area contributed by atoms with Crippen LogP contribution in [-0.2, 0) is 11.2 Å². The number of aromatic nitrogens is 1. The first-order chi connectivity index (χ1) is 7.24. The molecule has 0 bridgehead atoms. The van der Waals surface area contributed by atoms with Gasteiger partial charge in [0.2, 0.25) is 0 Å². The van der Waals surface area contributed by atoms with Crippen LogP contribution in [0, 0.1) is 0 Å². The third-order valence-electron chi connectivity index (χ3n) is 2.27. The lowest BCUT2D eigenvalue weighted by molar-refractivity contribution is 0.0141. The average molecular weight is 223 g/mol. The minimum atomic E-state index is -0.465. The molecule has 2 rings (SSSR count). The second-order valence-corrected chi connectivity index (χ2v) is 4.44. The predicted molar refractivity (Wildman–Crippen MR) is 61.4 cm³/mol. The van der Waals surface area contributed by atoms with E-state index in [0.717, 1.165) is 11.3 Å². The summed E-state index contributed by atoms with van der Waals surface area (Å²) in [5.41, 5.74) is 5.12. The van der Waals surface area contributed by atoms with Crippen molar-refractivity contribution < 1.29 is 4.74 Å². The minimum Gasteiger partial charge on any atom is -0.375 e. The van der Waals surface area contributed by atoms with Crippen molar-refractivity contribution in [3.63, 3.8) is 0 Å². The molecule has 1 aromatic rings. The Bertz CT molecular complexity index is 399. The molecule has 80 valence electrons. The van der Waals surface area contributed by atoms with Crippen molar-refractivity contribution >= 4 is 16.5 Å². The summed E-state index contributed by atoms with van der Waals surface area (Å²) in [5, 5.41) is 3.78. The summed E-state index contributed by atoms with van der Waals surface area (Å²) in [4.78, 5) is 5.12. The van der Waals surface area contributed by atoms with E-state index in [1.54, 1.807) is 13.3 Å². The summed E-state index contributed by atoms with van der Waals surface area (Å²) in [6.07, 6.45) is 10.3. The monoisotopic (exact) mass is 223 g/mol. The van der Waals surface area contributed by atoms with Crippen molar-refractivity contribution in [2.75, 3.05) is 12.8 Å². The summed E-state index contributed by atoms with van der Waals surface area (Å²) in [6.45, 7) is 0. The molecule has 1 atom stereocenters. The lowest BCUT2D eigenvalue weighted by atomic mass is 10.1. The standard InChI is InChI=1S/C10H13N3OS/c1-14-10(4-2-3-5-13-10)6-8-7-12-9(11)15-8/h2-5,7,13H,6H2,1H3,(H2,11,12). The van der Waals surface area contributed by atoms with Crippen molar-refractivity contribution in [1.82, 2.24) is 10.3 Å². The lowest BCUT2D eigenvalue weighted by Crippen LogP contribution is -2.45. The molecule has 1 aliphatic heterocycles. The molecule has 1 aromatic heterocycles. The van der Waals surface area contributed by atoms with Crippen LogP contribution in [0.4, 0.5) is 5.13 Å². The summed E-state index contributed by atoms with van der Waals surface area (Å²) in [7, 11) is 1.68. The van der Waals surface area contributed by atoms with E-state index in [1.807, 2.05) is 24.4 Å². The molecule has 5 heteroatoms. The van der Waals surface area contributed by atoms with E-state index in [4.69, 9.17) is 10.5 Å². The fourth-order valence-electron chi connectivity index (χ4n) is 1.48. The molecule has 15 heavy (non-hydrogen) atoms. The van der Waals surface area contributed by atoms with Gasteiger partial charge in [-0.25, -0.2) is 4.98 Å².